The maximum Gasteiger partial charge on any atom is 0.342 e. The first-order chi connectivity index (χ1) is 12.5. The fraction of sp³-hybridized carbons (Fsp3) is 0.0526. The highest BCUT2D eigenvalue weighted by Gasteiger charge is 2.16. The van der Waals surface area contributed by atoms with E-state index >= 15 is 0 Å². The molecule has 0 heterocycles. The zero-order valence-corrected chi connectivity index (χ0v) is 13.3. The van der Waals surface area contributed by atoms with Gasteiger partial charge in [-0.3, -0.25) is 4.79 Å². The van der Waals surface area contributed by atoms with Crippen molar-refractivity contribution >= 4 is 28.3 Å². The van der Waals surface area contributed by atoms with E-state index in [1.807, 2.05) is 0 Å². The molecular formula is C19H13F2NO4. The summed E-state index contributed by atoms with van der Waals surface area (Å²) < 4.78 is 30.8. The van der Waals surface area contributed by atoms with Gasteiger partial charge in [0, 0.05) is 17.1 Å². The lowest BCUT2D eigenvalue weighted by molar-refractivity contribution is -0.119. The number of esters is 1. The third-order valence-electron chi connectivity index (χ3n) is 3.66. The predicted octanol–water partition coefficient (Wildman–Crippen LogP) is 3.62. The zero-order valence-electron chi connectivity index (χ0n) is 13.3. The second-order valence-corrected chi connectivity index (χ2v) is 5.44. The normalized spacial score (nSPS) is 10.5. The lowest BCUT2D eigenvalue weighted by atomic mass is 10.1. The molecule has 3 aromatic rings. The van der Waals surface area contributed by atoms with Crippen LogP contribution in [0.25, 0.3) is 10.8 Å². The van der Waals surface area contributed by atoms with E-state index in [1.165, 1.54) is 12.1 Å². The van der Waals surface area contributed by atoms with Gasteiger partial charge in [0.15, 0.2) is 18.2 Å². The van der Waals surface area contributed by atoms with Gasteiger partial charge in [-0.2, -0.15) is 0 Å². The van der Waals surface area contributed by atoms with Gasteiger partial charge in [-0.05, 0) is 23.6 Å². The average Bonchev–Trinajstić information content (AvgIpc) is 2.63. The minimum Gasteiger partial charge on any atom is -0.506 e. The van der Waals surface area contributed by atoms with Gasteiger partial charge in [0.1, 0.15) is 11.3 Å². The van der Waals surface area contributed by atoms with Crippen LogP contribution in [0.5, 0.6) is 5.75 Å². The Morgan fingerprint density at radius 1 is 1.00 bits per heavy atom. The van der Waals surface area contributed by atoms with E-state index in [0.29, 0.717) is 5.39 Å². The Balaban J connectivity index is 1.66. The number of halogens is 2. The van der Waals surface area contributed by atoms with Crippen LogP contribution in [0.15, 0.2) is 54.6 Å². The van der Waals surface area contributed by atoms with Gasteiger partial charge in [-0.25, -0.2) is 13.6 Å². The van der Waals surface area contributed by atoms with Gasteiger partial charge in [0.2, 0.25) is 0 Å². The Hall–Kier alpha value is -3.48. The van der Waals surface area contributed by atoms with E-state index in [4.69, 9.17) is 4.74 Å². The van der Waals surface area contributed by atoms with Crippen LogP contribution in [0, 0.1) is 11.6 Å². The Morgan fingerprint density at radius 3 is 2.54 bits per heavy atom. The lowest BCUT2D eigenvalue weighted by Gasteiger charge is -2.09. The molecule has 0 spiro atoms. The number of amides is 1. The molecule has 132 valence electrons. The summed E-state index contributed by atoms with van der Waals surface area (Å²) in [6.07, 6.45) is 0. The highest BCUT2D eigenvalue weighted by atomic mass is 19.2. The average molecular weight is 357 g/mol. The van der Waals surface area contributed by atoms with E-state index in [-0.39, 0.29) is 17.0 Å². The Labute approximate surface area is 146 Å². The summed E-state index contributed by atoms with van der Waals surface area (Å²) in [5, 5.41) is 13.7. The smallest absolute Gasteiger partial charge is 0.342 e. The summed E-state index contributed by atoms with van der Waals surface area (Å²) in [4.78, 5) is 23.9. The minimum atomic E-state index is -1.11. The first-order valence-electron chi connectivity index (χ1n) is 7.58. The number of rotatable bonds is 4. The van der Waals surface area contributed by atoms with Crippen molar-refractivity contribution in [2.75, 3.05) is 11.9 Å². The van der Waals surface area contributed by atoms with Crippen LogP contribution >= 0.6 is 0 Å². The summed E-state index contributed by atoms with van der Waals surface area (Å²) >= 11 is 0. The second-order valence-electron chi connectivity index (χ2n) is 5.44. The van der Waals surface area contributed by atoms with Gasteiger partial charge in [-0.1, -0.05) is 30.3 Å². The van der Waals surface area contributed by atoms with Crippen molar-refractivity contribution < 1.29 is 28.2 Å². The Morgan fingerprint density at radius 2 is 1.77 bits per heavy atom. The summed E-state index contributed by atoms with van der Waals surface area (Å²) in [6, 6.07) is 12.8. The number of ether oxygens (including phenoxy) is 1. The molecule has 0 unspecified atom stereocenters. The summed E-state index contributed by atoms with van der Waals surface area (Å²) in [7, 11) is 0. The number of carbonyl (C=O) groups is 2. The van der Waals surface area contributed by atoms with Gasteiger partial charge in [0.25, 0.3) is 5.91 Å². The maximum atomic E-state index is 13.1. The summed E-state index contributed by atoms with van der Waals surface area (Å²) in [5.74, 6) is -4.01. The molecule has 26 heavy (non-hydrogen) atoms. The molecule has 0 fully saturated rings. The number of phenols is 1. The third-order valence-corrected chi connectivity index (χ3v) is 3.66. The number of nitrogens with one attached hydrogen (secondary N) is 1. The van der Waals surface area contributed by atoms with E-state index in [1.54, 1.807) is 30.3 Å². The van der Waals surface area contributed by atoms with Crippen molar-refractivity contribution in [1.82, 2.24) is 0 Å². The highest BCUT2D eigenvalue weighted by Crippen LogP contribution is 2.29. The quantitative estimate of drug-likeness (QED) is 0.700. The maximum absolute atomic E-state index is 13.1. The molecule has 5 nitrogen and oxygen atoms in total. The van der Waals surface area contributed by atoms with Crippen LogP contribution in [-0.4, -0.2) is 23.6 Å². The number of hydrogen-bond donors (Lipinski definition) is 2. The SMILES string of the molecule is O=C(COC(=O)c1ccc2ccccc2c1O)Nc1ccc(F)c(F)c1. The number of aromatic hydroxyl groups is 1. The van der Waals surface area contributed by atoms with Crippen molar-refractivity contribution in [2.24, 2.45) is 0 Å². The lowest BCUT2D eigenvalue weighted by Crippen LogP contribution is -2.21. The van der Waals surface area contributed by atoms with Crippen LogP contribution in [0.3, 0.4) is 0 Å². The molecular weight excluding hydrogens is 344 g/mol. The Kier molecular flexibility index (Phi) is 4.79. The summed E-state index contributed by atoms with van der Waals surface area (Å²) in [6.45, 7) is -0.649. The number of benzene rings is 3. The highest BCUT2D eigenvalue weighted by molar-refractivity contribution is 6.02. The monoisotopic (exact) mass is 357 g/mol. The fourth-order valence-corrected chi connectivity index (χ4v) is 2.40. The van der Waals surface area contributed by atoms with E-state index in [9.17, 15) is 23.5 Å². The summed E-state index contributed by atoms with van der Waals surface area (Å²) in [5.41, 5.74) is -0.0529. The van der Waals surface area contributed by atoms with Crippen molar-refractivity contribution in [3.63, 3.8) is 0 Å². The molecule has 0 aliphatic rings. The molecule has 7 heteroatoms. The second kappa shape index (κ2) is 7.18. The molecule has 0 bridgehead atoms. The largest absolute Gasteiger partial charge is 0.506 e. The molecule has 3 rings (SSSR count). The van der Waals surface area contributed by atoms with Crippen LogP contribution in [0.4, 0.5) is 14.5 Å². The van der Waals surface area contributed by atoms with Gasteiger partial charge >= 0.3 is 5.97 Å². The number of hydrogen-bond acceptors (Lipinski definition) is 4. The molecule has 0 saturated carbocycles. The van der Waals surface area contributed by atoms with Crippen LogP contribution < -0.4 is 5.32 Å². The van der Waals surface area contributed by atoms with Crippen molar-refractivity contribution in [2.45, 2.75) is 0 Å². The topological polar surface area (TPSA) is 75.6 Å². The molecule has 0 aliphatic heterocycles. The van der Waals surface area contributed by atoms with Crippen molar-refractivity contribution in [3.05, 3.63) is 71.8 Å². The Bertz CT molecular complexity index is 1000. The van der Waals surface area contributed by atoms with Gasteiger partial charge in [0.05, 0.1) is 0 Å². The zero-order chi connectivity index (χ0) is 18.7. The first kappa shape index (κ1) is 17.3. The van der Waals surface area contributed by atoms with Crippen molar-refractivity contribution in [3.8, 4) is 5.75 Å². The predicted molar refractivity (Wildman–Crippen MR) is 90.9 cm³/mol. The van der Waals surface area contributed by atoms with Crippen molar-refractivity contribution in [1.29, 1.82) is 0 Å². The van der Waals surface area contributed by atoms with E-state index in [0.717, 1.165) is 17.5 Å². The molecule has 2 N–H and O–H groups in total. The molecule has 0 saturated heterocycles. The molecule has 0 atom stereocenters. The minimum absolute atomic E-state index is 0.0264. The van der Waals surface area contributed by atoms with E-state index in [2.05, 4.69) is 5.32 Å². The van der Waals surface area contributed by atoms with Crippen LogP contribution in [-0.2, 0) is 9.53 Å². The molecule has 1 amide bonds. The molecule has 0 aromatic heterocycles. The number of anilines is 1. The van der Waals surface area contributed by atoms with Crippen LogP contribution in [0.1, 0.15) is 10.4 Å². The fourth-order valence-electron chi connectivity index (χ4n) is 2.40. The number of carbonyl (C=O) groups excluding carboxylic acids is 2. The molecule has 3 aromatic carbocycles. The molecule has 0 radical (unpaired) electrons. The number of phenolic OH excluding ortho intramolecular Hbond substituents is 1. The van der Waals surface area contributed by atoms with E-state index < -0.39 is 30.1 Å². The van der Waals surface area contributed by atoms with Gasteiger partial charge in [-0.15, -0.1) is 0 Å². The first-order valence-corrected chi connectivity index (χ1v) is 7.58. The van der Waals surface area contributed by atoms with Gasteiger partial charge < -0.3 is 15.2 Å². The number of fused-ring (bicyclic) bond motifs is 1. The third kappa shape index (κ3) is 3.61. The molecule has 0 aliphatic carbocycles. The van der Waals surface area contributed by atoms with Crippen LogP contribution in [0.2, 0.25) is 0 Å². The standard InChI is InChI=1S/C19H13F2NO4/c20-15-8-6-12(9-16(15)21)22-17(23)10-26-19(25)14-7-5-11-3-1-2-4-13(11)18(14)24/h1-9,24H,10H2,(H,22,23).